The summed E-state index contributed by atoms with van der Waals surface area (Å²) < 4.78 is 64.9. The first kappa shape index (κ1) is 30.9. The molecule has 14 heteroatoms. The number of carbonyl (C=O) groups is 2. The van der Waals surface area contributed by atoms with Gasteiger partial charge in [0.05, 0.1) is 23.4 Å². The molecular weight excluding hydrogens is 543 g/mol. The third-order valence-electron chi connectivity index (χ3n) is 4.93. The number of alkyl halides is 3. The fraction of sp³-hybridized carbons (Fsp3) is 0.240. The lowest BCUT2D eigenvalue weighted by Crippen LogP contribution is -2.25. The van der Waals surface area contributed by atoms with Crippen molar-refractivity contribution in [2.45, 2.75) is 31.5 Å². The van der Waals surface area contributed by atoms with E-state index < -0.39 is 28.1 Å². The highest BCUT2D eigenvalue weighted by Gasteiger charge is 2.38. The Morgan fingerprint density at radius 1 is 1.03 bits per heavy atom. The molecule has 0 fully saturated rings. The molecule has 0 aliphatic rings. The van der Waals surface area contributed by atoms with E-state index in [1.807, 2.05) is 49.1 Å². The number of aliphatic carboxylic acids is 1. The number of aromatic carboxylic acids is 1. The SMILES string of the molecule is CCOc1ccc(S(=O)(=O)Nc2cnc(N(CC)Cc3ccccc3)c(C(=O)O)c2)cc1.O=C(O)C(F)(F)F. The largest absolute Gasteiger partial charge is 0.494 e. The molecule has 1 aromatic heterocycles. The highest BCUT2D eigenvalue weighted by molar-refractivity contribution is 7.92. The average molecular weight is 570 g/mol. The van der Waals surface area contributed by atoms with Gasteiger partial charge in [-0.15, -0.1) is 0 Å². The summed E-state index contributed by atoms with van der Waals surface area (Å²) in [7, 11) is -3.93. The fourth-order valence-electron chi connectivity index (χ4n) is 3.16. The summed E-state index contributed by atoms with van der Waals surface area (Å²) in [6, 6.07) is 16.9. The van der Waals surface area contributed by atoms with E-state index in [0.29, 0.717) is 25.4 Å². The van der Waals surface area contributed by atoms with Crippen molar-refractivity contribution in [3.63, 3.8) is 0 Å². The van der Waals surface area contributed by atoms with Crippen molar-refractivity contribution in [3.05, 3.63) is 78.0 Å². The Labute approximate surface area is 222 Å². The van der Waals surface area contributed by atoms with Crippen LogP contribution in [0.3, 0.4) is 0 Å². The second kappa shape index (κ2) is 13.5. The summed E-state index contributed by atoms with van der Waals surface area (Å²) in [4.78, 5) is 27.0. The summed E-state index contributed by atoms with van der Waals surface area (Å²) in [5, 5.41) is 16.9. The Morgan fingerprint density at radius 3 is 2.10 bits per heavy atom. The molecule has 0 atom stereocenters. The first-order chi connectivity index (χ1) is 18.3. The Bertz CT molecular complexity index is 1370. The summed E-state index contributed by atoms with van der Waals surface area (Å²) >= 11 is 0. The van der Waals surface area contributed by atoms with Gasteiger partial charge < -0.3 is 19.8 Å². The lowest BCUT2D eigenvalue weighted by Gasteiger charge is -2.24. The Kier molecular flexibility index (Phi) is 10.7. The van der Waals surface area contributed by atoms with Crippen LogP contribution in [0.5, 0.6) is 5.75 Å². The molecule has 0 radical (unpaired) electrons. The quantitative estimate of drug-likeness (QED) is 0.318. The number of benzene rings is 2. The number of sulfonamides is 1. The number of halogens is 3. The zero-order chi connectivity index (χ0) is 29.2. The van der Waals surface area contributed by atoms with Crippen molar-refractivity contribution in [1.82, 2.24) is 4.98 Å². The maximum atomic E-state index is 12.7. The second-order valence-electron chi connectivity index (χ2n) is 7.71. The Hall–Kier alpha value is -4.33. The first-order valence-electron chi connectivity index (χ1n) is 11.4. The van der Waals surface area contributed by atoms with Crippen LogP contribution in [0.25, 0.3) is 0 Å². The summed E-state index contributed by atoms with van der Waals surface area (Å²) in [5.41, 5.74) is 0.984. The number of anilines is 2. The van der Waals surface area contributed by atoms with E-state index in [0.717, 1.165) is 5.56 Å². The third kappa shape index (κ3) is 9.17. The molecule has 0 saturated carbocycles. The molecule has 0 aliphatic heterocycles. The number of ether oxygens (including phenoxy) is 1. The third-order valence-corrected chi connectivity index (χ3v) is 6.33. The van der Waals surface area contributed by atoms with Crippen LogP contribution in [-0.2, 0) is 21.4 Å². The number of nitrogens with zero attached hydrogens (tertiary/aromatic N) is 2. The van der Waals surface area contributed by atoms with Gasteiger partial charge in [-0.25, -0.2) is 23.0 Å². The molecule has 0 spiro atoms. The molecule has 0 unspecified atom stereocenters. The normalized spacial score (nSPS) is 11.1. The predicted molar refractivity (Wildman–Crippen MR) is 136 cm³/mol. The van der Waals surface area contributed by atoms with Crippen LogP contribution in [0.4, 0.5) is 24.7 Å². The number of nitrogens with one attached hydrogen (secondary N) is 1. The Morgan fingerprint density at radius 2 is 1.62 bits per heavy atom. The van der Waals surface area contributed by atoms with Crippen LogP contribution in [-0.4, -0.2) is 54.9 Å². The van der Waals surface area contributed by atoms with Gasteiger partial charge in [0.1, 0.15) is 17.1 Å². The van der Waals surface area contributed by atoms with Crippen molar-refractivity contribution in [2.24, 2.45) is 0 Å². The molecule has 1 heterocycles. The van der Waals surface area contributed by atoms with E-state index in [2.05, 4.69) is 9.71 Å². The fourth-order valence-corrected chi connectivity index (χ4v) is 4.19. The molecule has 0 saturated heterocycles. The molecule has 10 nitrogen and oxygen atoms in total. The van der Waals surface area contributed by atoms with Crippen molar-refractivity contribution < 1.29 is 46.1 Å². The number of carboxylic acids is 2. The number of hydrogen-bond acceptors (Lipinski definition) is 7. The standard InChI is InChI=1S/C23H25N3O5S.C2HF3O2/c1-3-26(16-17-8-6-5-7-9-17)22-21(23(27)28)14-18(15-24-22)25-32(29,30)20-12-10-19(11-13-20)31-4-2;3-2(4,5)1(6)7/h5-15,25H,3-4,16H2,1-2H3,(H,27,28);(H,6,7). The molecule has 3 N–H and O–H groups in total. The van der Waals surface area contributed by atoms with E-state index in [9.17, 15) is 31.5 Å². The van der Waals surface area contributed by atoms with Crippen LogP contribution in [0, 0.1) is 0 Å². The van der Waals surface area contributed by atoms with Crippen LogP contribution >= 0.6 is 0 Å². The topological polar surface area (TPSA) is 146 Å². The molecule has 2 aromatic carbocycles. The van der Waals surface area contributed by atoms with Crippen molar-refractivity contribution >= 4 is 33.5 Å². The van der Waals surface area contributed by atoms with Gasteiger partial charge in [0.25, 0.3) is 10.0 Å². The van der Waals surface area contributed by atoms with Gasteiger partial charge in [-0.05, 0) is 49.7 Å². The number of carboxylic acid groups (broad SMARTS) is 2. The van der Waals surface area contributed by atoms with Gasteiger partial charge in [0.2, 0.25) is 0 Å². The van der Waals surface area contributed by atoms with Gasteiger partial charge >= 0.3 is 18.1 Å². The molecule has 39 heavy (non-hydrogen) atoms. The lowest BCUT2D eigenvalue weighted by atomic mass is 10.2. The number of aromatic nitrogens is 1. The minimum atomic E-state index is -5.08. The highest BCUT2D eigenvalue weighted by Crippen LogP contribution is 2.25. The number of rotatable bonds is 10. The van der Waals surface area contributed by atoms with E-state index in [4.69, 9.17) is 14.6 Å². The molecular formula is C25H26F3N3O7S. The molecule has 0 aliphatic carbocycles. The monoisotopic (exact) mass is 569 g/mol. The van der Waals surface area contributed by atoms with Gasteiger partial charge in [-0.1, -0.05) is 30.3 Å². The van der Waals surface area contributed by atoms with Crippen LogP contribution < -0.4 is 14.4 Å². The maximum Gasteiger partial charge on any atom is 0.490 e. The summed E-state index contributed by atoms with van der Waals surface area (Å²) in [6.45, 7) is 5.21. The highest BCUT2D eigenvalue weighted by atomic mass is 32.2. The molecule has 3 aromatic rings. The summed E-state index contributed by atoms with van der Waals surface area (Å²) in [5.74, 6) is -3.12. The van der Waals surface area contributed by atoms with Gasteiger partial charge in [-0.3, -0.25) is 4.72 Å². The van der Waals surface area contributed by atoms with Gasteiger partial charge in [0, 0.05) is 13.1 Å². The van der Waals surface area contributed by atoms with Crippen LogP contribution in [0.15, 0.2) is 71.8 Å². The van der Waals surface area contributed by atoms with Gasteiger partial charge in [0.15, 0.2) is 0 Å². The van der Waals surface area contributed by atoms with Crippen molar-refractivity contribution in [1.29, 1.82) is 0 Å². The number of hydrogen-bond donors (Lipinski definition) is 3. The maximum absolute atomic E-state index is 12.7. The van der Waals surface area contributed by atoms with Crippen LogP contribution in [0.1, 0.15) is 29.8 Å². The van der Waals surface area contributed by atoms with E-state index in [1.165, 1.54) is 24.4 Å². The molecule has 0 amide bonds. The Balaban J connectivity index is 0.000000673. The zero-order valence-electron chi connectivity index (χ0n) is 20.8. The lowest BCUT2D eigenvalue weighted by molar-refractivity contribution is -0.192. The number of pyridine rings is 1. The van der Waals surface area contributed by atoms with Crippen molar-refractivity contribution in [2.75, 3.05) is 22.8 Å². The van der Waals surface area contributed by atoms with Gasteiger partial charge in [-0.2, -0.15) is 13.2 Å². The first-order valence-corrected chi connectivity index (χ1v) is 12.8. The second-order valence-corrected chi connectivity index (χ2v) is 9.40. The van der Waals surface area contributed by atoms with E-state index >= 15 is 0 Å². The molecule has 210 valence electrons. The average Bonchev–Trinajstić information content (AvgIpc) is 2.88. The molecule has 3 rings (SSSR count). The zero-order valence-corrected chi connectivity index (χ0v) is 21.7. The van der Waals surface area contributed by atoms with Crippen LogP contribution in [0.2, 0.25) is 0 Å². The predicted octanol–water partition coefficient (Wildman–Crippen LogP) is 4.64. The van der Waals surface area contributed by atoms with E-state index in [-0.39, 0.29) is 22.0 Å². The minimum absolute atomic E-state index is 0.0289. The summed E-state index contributed by atoms with van der Waals surface area (Å²) in [6.07, 6.45) is -3.76. The smallest absolute Gasteiger partial charge is 0.490 e. The molecule has 0 bridgehead atoms. The minimum Gasteiger partial charge on any atom is -0.494 e. The van der Waals surface area contributed by atoms with E-state index in [1.54, 1.807) is 12.1 Å². The van der Waals surface area contributed by atoms with Crippen molar-refractivity contribution in [3.8, 4) is 5.75 Å².